The molecule has 7 rings (SSSR count). The number of amides is 1. The molecule has 0 bridgehead atoms. The smallest absolute Gasteiger partial charge is 0.387 e. The molecule has 2 atom stereocenters. The molecule has 3 N–H and O–H groups in total. The Morgan fingerprint density at radius 2 is 1.70 bits per heavy atom. The van der Waals surface area contributed by atoms with Crippen molar-refractivity contribution in [2.24, 2.45) is 0 Å². The van der Waals surface area contributed by atoms with Crippen molar-refractivity contribution in [1.29, 1.82) is 0 Å². The highest BCUT2D eigenvalue weighted by Crippen LogP contribution is 2.44. The number of fused-ring (bicyclic) bond motifs is 3. The molecule has 0 spiro atoms. The minimum absolute atomic E-state index is 0.117. The predicted molar refractivity (Wildman–Crippen MR) is 159 cm³/mol. The van der Waals surface area contributed by atoms with Gasteiger partial charge in [0.05, 0.1) is 28.4 Å². The van der Waals surface area contributed by atoms with Crippen molar-refractivity contribution in [2.75, 3.05) is 16.8 Å². The van der Waals surface area contributed by atoms with Crippen LogP contribution < -0.4 is 15.5 Å². The van der Waals surface area contributed by atoms with E-state index >= 15 is 0 Å². The van der Waals surface area contributed by atoms with Gasteiger partial charge in [0.15, 0.2) is 5.82 Å². The lowest BCUT2D eigenvalue weighted by Gasteiger charge is -2.29. The molecule has 1 aliphatic carbocycles. The summed E-state index contributed by atoms with van der Waals surface area (Å²) in [6, 6.07) is 9.06. The van der Waals surface area contributed by atoms with Crippen LogP contribution in [0.3, 0.4) is 0 Å². The number of nitrogens with zero attached hydrogens (tertiary/aromatic N) is 4. The highest BCUT2D eigenvalue weighted by molar-refractivity contribution is 6.11. The van der Waals surface area contributed by atoms with E-state index in [9.17, 15) is 36.2 Å². The zero-order valence-corrected chi connectivity index (χ0v) is 24.6. The lowest BCUT2D eigenvalue weighted by Crippen LogP contribution is -2.39. The first-order chi connectivity index (χ1) is 21.8. The summed E-state index contributed by atoms with van der Waals surface area (Å²) in [6.45, 7) is 2.57. The third-order valence-electron chi connectivity index (χ3n) is 8.29. The highest BCUT2D eigenvalue weighted by Gasteiger charge is 2.40. The van der Waals surface area contributed by atoms with Gasteiger partial charge in [-0.3, -0.25) is 4.79 Å². The Labute approximate surface area is 259 Å². The summed E-state index contributed by atoms with van der Waals surface area (Å²) < 4.78 is 79.3. The minimum Gasteiger partial charge on any atom is -0.387 e. The number of rotatable bonds is 3. The fraction of sp³-hybridized carbons (Fsp3) is 0.375. The molecule has 8 nitrogen and oxygen atoms in total. The van der Waals surface area contributed by atoms with Gasteiger partial charge in [-0.1, -0.05) is 18.6 Å². The third kappa shape index (κ3) is 6.23. The van der Waals surface area contributed by atoms with E-state index < -0.39 is 41.3 Å². The van der Waals surface area contributed by atoms with Crippen molar-refractivity contribution in [3.8, 4) is 0 Å². The lowest BCUT2D eigenvalue weighted by molar-refractivity contribution is -0.142. The number of aliphatic hydroxyl groups excluding tert-OH is 1. The zero-order chi connectivity index (χ0) is 32.8. The molecule has 14 heteroatoms. The van der Waals surface area contributed by atoms with Crippen LogP contribution in [0, 0.1) is 6.92 Å². The molecule has 242 valence electrons. The molecule has 3 aromatic heterocycles. The van der Waals surface area contributed by atoms with E-state index in [1.54, 1.807) is 18.5 Å². The summed E-state index contributed by atoms with van der Waals surface area (Å²) in [5, 5.41) is 16.4. The number of pyridine rings is 3. The van der Waals surface area contributed by atoms with Crippen molar-refractivity contribution < 1.29 is 36.2 Å². The van der Waals surface area contributed by atoms with Gasteiger partial charge in [0.1, 0.15) is 11.5 Å². The van der Waals surface area contributed by atoms with Crippen LogP contribution in [-0.2, 0) is 12.4 Å². The van der Waals surface area contributed by atoms with Gasteiger partial charge < -0.3 is 20.6 Å². The first kappa shape index (κ1) is 31.7. The maximum Gasteiger partial charge on any atom is 0.433 e. The maximum atomic E-state index is 13.2. The Balaban J connectivity index is 0.000000166. The number of carbonyl (C=O) groups excluding carboxylic acids is 1. The summed E-state index contributed by atoms with van der Waals surface area (Å²) in [5.74, 6) is 1.40. The molecule has 4 aromatic rings. The van der Waals surface area contributed by atoms with Gasteiger partial charge in [-0.05, 0) is 80.6 Å². The quantitative estimate of drug-likeness (QED) is 0.205. The molecule has 1 saturated carbocycles. The molecule has 0 unspecified atom stereocenters. The Kier molecular flexibility index (Phi) is 8.36. The Morgan fingerprint density at radius 3 is 2.37 bits per heavy atom. The molecular weight excluding hydrogens is 614 g/mol. The summed E-state index contributed by atoms with van der Waals surface area (Å²) in [7, 11) is 0. The van der Waals surface area contributed by atoms with Crippen LogP contribution in [0.5, 0.6) is 0 Å². The number of aliphatic hydroxyl groups is 1. The van der Waals surface area contributed by atoms with Crippen LogP contribution in [0.15, 0.2) is 54.9 Å². The number of carbonyl (C=O) groups is 1. The number of aryl methyl sites for hydroxylation is 1. The van der Waals surface area contributed by atoms with E-state index in [4.69, 9.17) is 0 Å². The number of hydrogen-bond donors (Lipinski definition) is 3. The standard InChI is InChI=1S/C17H16F6N2O.C15H14N4O/c18-16(19,20)11-5-3-4-9-10(15(26)12-6-1-2-7-24-12)8-13(17(21,22)23)25-14(9)11;1-9-6-8-17-14-12(9)18-15(20)11-3-2-7-16-13(11)19(14)10-4-5-10/h3-5,8,12,15,24,26H,1-2,6-7H2;2-3,6-8,10H,4-5H2,1H3,(H,18,20)/t12-,15+;/m0./s1. The van der Waals surface area contributed by atoms with Gasteiger partial charge in [-0.2, -0.15) is 26.3 Å². The monoisotopic (exact) mass is 644 g/mol. The predicted octanol–water partition coefficient (Wildman–Crippen LogP) is 7.10. The van der Waals surface area contributed by atoms with E-state index in [1.165, 1.54) is 6.07 Å². The summed E-state index contributed by atoms with van der Waals surface area (Å²) >= 11 is 0. The first-order valence-corrected chi connectivity index (χ1v) is 14.9. The molecule has 2 aliphatic heterocycles. The Morgan fingerprint density at radius 1 is 0.935 bits per heavy atom. The fourth-order valence-electron chi connectivity index (χ4n) is 5.87. The number of alkyl halides is 6. The zero-order valence-electron chi connectivity index (χ0n) is 24.6. The molecule has 1 saturated heterocycles. The van der Waals surface area contributed by atoms with E-state index in [-0.39, 0.29) is 16.9 Å². The molecule has 0 radical (unpaired) electrons. The van der Waals surface area contributed by atoms with Crippen LogP contribution in [0.25, 0.3) is 10.9 Å². The van der Waals surface area contributed by atoms with Crippen LogP contribution in [-0.4, -0.2) is 44.6 Å². The van der Waals surface area contributed by atoms with E-state index in [0.717, 1.165) is 48.8 Å². The van der Waals surface area contributed by atoms with Gasteiger partial charge in [0, 0.05) is 29.9 Å². The van der Waals surface area contributed by atoms with Gasteiger partial charge in [0.25, 0.3) is 5.91 Å². The van der Waals surface area contributed by atoms with Crippen LogP contribution in [0.1, 0.15) is 71.0 Å². The largest absolute Gasteiger partial charge is 0.433 e. The average Bonchev–Trinajstić information content (AvgIpc) is 3.87. The summed E-state index contributed by atoms with van der Waals surface area (Å²) in [4.78, 5) is 26.6. The van der Waals surface area contributed by atoms with E-state index in [2.05, 4.69) is 30.5 Å². The van der Waals surface area contributed by atoms with Gasteiger partial charge >= 0.3 is 12.4 Å². The summed E-state index contributed by atoms with van der Waals surface area (Å²) in [5.41, 5.74) is -1.30. The molecule has 3 aliphatic rings. The van der Waals surface area contributed by atoms with Crippen LogP contribution in [0.2, 0.25) is 0 Å². The first-order valence-electron chi connectivity index (χ1n) is 14.9. The van der Waals surface area contributed by atoms with Gasteiger partial charge in [0.2, 0.25) is 0 Å². The van der Waals surface area contributed by atoms with Crippen molar-refractivity contribution in [2.45, 2.75) is 69.6 Å². The molecular formula is C32H30F6N6O2. The van der Waals surface area contributed by atoms with Crippen LogP contribution >= 0.6 is 0 Å². The SMILES string of the molecule is Cc1ccnc2c1NC(=O)c1cccnc1N2C1CC1.O[C@H](c1cc(C(F)(F)F)nc2c(C(F)(F)F)cccc12)[C@@H]1CCCCN1. The molecule has 1 aromatic carbocycles. The highest BCUT2D eigenvalue weighted by atomic mass is 19.4. The second kappa shape index (κ2) is 12.1. The lowest BCUT2D eigenvalue weighted by atomic mass is 9.91. The van der Waals surface area contributed by atoms with Crippen molar-refractivity contribution in [3.05, 3.63) is 82.8 Å². The van der Waals surface area contributed by atoms with Crippen molar-refractivity contribution >= 4 is 34.1 Å². The fourth-order valence-corrected chi connectivity index (χ4v) is 5.87. The number of benzene rings is 1. The molecule has 5 heterocycles. The van der Waals surface area contributed by atoms with Crippen molar-refractivity contribution in [1.82, 2.24) is 20.3 Å². The maximum absolute atomic E-state index is 13.2. The number of aromatic nitrogens is 3. The number of hydrogen-bond acceptors (Lipinski definition) is 7. The number of piperidine rings is 1. The summed E-state index contributed by atoms with van der Waals surface area (Å²) in [6.07, 6.45) is -3.27. The topological polar surface area (TPSA) is 103 Å². The van der Waals surface area contributed by atoms with E-state index in [1.807, 2.05) is 19.1 Å². The number of halogens is 6. The number of nitrogens with one attached hydrogen (secondary N) is 2. The Hall–Kier alpha value is -4.30. The molecule has 46 heavy (non-hydrogen) atoms. The van der Waals surface area contributed by atoms with Gasteiger partial charge in [-0.15, -0.1) is 0 Å². The van der Waals surface area contributed by atoms with Gasteiger partial charge in [-0.25, -0.2) is 15.0 Å². The number of anilines is 3. The number of para-hydroxylation sites is 1. The third-order valence-corrected chi connectivity index (χ3v) is 8.29. The minimum atomic E-state index is -4.93. The molecule has 1 amide bonds. The van der Waals surface area contributed by atoms with Crippen molar-refractivity contribution in [3.63, 3.8) is 0 Å². The molecule has 2 fully saturated rings. The van der Waals surface area contributed by atoms with E-state index in [0.29, 0.717) is 42.5 Å². The Bertz CT molecular complexity index is 1770. The second-order valence-electron chi connectivity index (χ2n) is 11.6. The normalized spacial score (nSPS) is 18.9. The average molecular weight is 645 g/mol. The van der Waals surface area contributed by atoms with Crippen LogP contribution in [0.4, 0.5) is 43.7 Å². The second-order valence-corrected chi connectivity index (χ2v) is 11.6.